The minimum absolute atomic E-state index is 0.279. The van der Waals surface area contributed by atoms with Crippen LogP contribution in [0.1, 0.15) is 18.4 Å². The topological polar surface area (TPSA) is 72.2 Å². The van der Waals surface area contributed by atoms with E-state index in [2.05, 4.69) is 16.6 Å². The number of nitrogens with one attached hydrogen (secondary N) is 1. The predicted octanol–water partition coefficient (Wildman–Crippen LogP) is 0.685. The second-order valence-corrected chi connectivity index (χ2v) is 6.09. The number of rotatable bonds is 4. The van der Waals surface area contributed by atoms with Gasteiger partial charge in [-0.05, 0) is 43.0 Å². The van der Waals surface area contributed by atoms with E-state index < -0.39 is 10.0 Å². The highest BCUT2D eigenvalue weighted by molar-refractivity contribution is 7.89. The number of nitrogens with two attached hydrogens (primary N) is 1. The second-order valence-electron chi connectivity index (χ2n) is 4.33. The maximum atomic E-state index is 11.9. The van der Waals surface area contributed by atoms with Crippen molar-refractivity contribution in [2.75, 3.05) is 13.1 Å². The van der Waals surface area contributed by atoms with Crippen LogP contribution in [0.5, 0.6) is 0 Å². The molecule has 1 saturated carbocycles. The van der Waals surface area contributed by atoms with E-state index in [1.807, 2.05) is 0 Å². The smallest absolute Gasteiger partial charge is 0.240 e. The molecular formula is C13H16N2O2S. The fourth-order valence-corrected chi connectivity index (χ4v) is 2.62. The summed E-state index contributed by atoms with van der Waals surface area (Å²) in [5, 5.41) is 0. The van der Waals surface area contributed by atoms with Crippen molar-refractivity contribution in [2.24, 2.45) is 11.7 Å². The fraction of sp³-hybridized carbons (Fsp3) is 0.385. The van der Waals surface area contributed by atoms with Crippen LogP contribution in [0.2, 0.25) is 0 Å². The number of sulfonamides is 1. The van der Waals surface area contributed by atoms with Crippen LogP contribution >= 0.6 is 0 Å². The van der Waals surface area contributed by atoms with Crippen LogP contribution in [0, 0.1) is 17.8 Å². The van der Waals surface area contributed by atoms with Crippen molar-refractivity contribution < 1.29 is 8.42 Å². The standard InChI is InChI=1S/C13H16N2O2S/c14-9-1-2-11-5-7-13(8-6-11)18(16,17)15-10-12-3-4-12/h5-8,12,15H,3-4,9-10,14H2. The summed E-state index contributed by atoms with van der Waals surface area (Å²) in [6, 6.07) is 6.51. The van der Waals surface area contributed by atoms with Crippen LogP contribution in [0.4, 0.5) is 0 Å². The van der Waals surface area contributed by atoms with E-state index in [0.717, 1.165) is 18.4 Å². The molecule has 1 aliphatic rings. The average molecular weight is 264 g/mol. The predicted molar refractivity (Wildman–Crippen MR) is 70.3 cm³/mol. The maximum Gasteiger partial charge on any atom is 0.240 e. The van der Waals surface area contributed by atoms with E-state index in [4.69, 9.17) is 5.73 Å². The molecular weight excluding hydrogens is 248 g/mol. The summed E-state index contributed by atoms with van der Waals surface area (Å²) in [5.41, 5.74) is 6.04. The summed E-state index contributed by atoms with van der Waals surface area (Å²) in [5.74, 6) is 6.10. The van der Waals surface area contributed by atoms with Gasteiger partial charge < -0.3 is 5.73 Å². The lowest BCUT2D eigenvalue weighted by atomic mass is 10.2. The molecule has 1 aliphatic carbocycles. The molecule has 3 N–H and O–H groups in total. The Balaban J connectivity index is 2.07. The van der Waals surface area contributed by atoms with Crippen molar-refractivity contribution in [1.82, 2.24) is 4.72 Å². The Morgan fingerprint density at radius 3 is 2.50 bits per heavy atom. The van der Waals surface area contributed by atoms with Crippen molar-refractivity contribution in [2.45, 2.75) is 17.7 Å². The Morgan fingerprint density at radius 2 is 1.94 bits per heavy atom. The third-order valence-corrected chi connectivity index (χ3v) is 4.20. The van der Waals surface area contributed by atoms with E-state index in [1.165, 1.54) is 0 Å². The van der Waals surface area contributed by atoms with Crippen molar-refractivity contribution in [1.29, 1.82) is 0 Å². The first-order valence-corrected chi connectivity index (χ1v) is 7.39. The van der Waals surface area contributed by atoms with E-state index in [0.29, 0.717) is 19.0 Å². The summed E-state index contributed by atoms with van der Waals surface area (Å²) < 4.78 is 26.5. The Labute approximate surface area is 108 Å². The minimum atomic E-state index is -3.38. The first kappa shape index (κ1) is 13.1. The molecule has 1 aromatic carbocycles. The summed E-state index contributed by atoms with van der Waals surface area (Å²) in [6.07, 6.45) is 2.24. The lowest BCUT2D eigenvalue weighted by molar-refractivity contribution is 0.577. The van der Waals surface area contributed by atoms with E-state index in [9.17, 15) is 8.42 Å². The number of hydrogen-bond donors (Lipinski definition) is 2. The number of benzene rings is 1. The van der Waals surface area contributed by atoms with Crippen molar-refractivity contribution in [3.63, 3.8) is 0 Å². The van der Waals surface area contributed by atoms with Gasteiger partial charge in [-0.25, -0.2) is 13.1 Å². The fourth-order valence-electron chi connectivity index (χ4n) is 1.50. The van der Waals surface area contributed by atoms with Gasteiger partial charge in [-0.2, -0.15) is 0 Å². The molecule has 0 atom stereocenters. The zero-order chi connectivity index (χ0) is 13.0. The lowest BCUT2D eigenvalue weighted by Crippen LogP contribution is -2.25. The normalized spacial score (nSPS) is 14.9. The third-order valence-electron chi connectivity index (χ3n) is 2.76. The van der Waals surface area contributed by atoms with Crippen molar-refractivity contribution >= 4 is 10.0 Å². The van der Waals surface area contributed by atoms with Gasteiger partial charge >= 0.3 is 0 Å². The highest BCUT2D eigenvalue weighted by Gasteiger charge is 2.24. The van der Waals surface area contributed by atoms with Crippen molar-refractivity contribution in [3.05, 3.63) is 29.8 Å². The monoisotopic (exact) mass is 264 g/mol. The van der Waals surface area contributed by atoms with Crippen LogP contribution in [0.3, 0.4) is 0 Å². The molecule has 0 saturated heterocycles. The van der Waals surface area contributed by atoms with E-state index in [1.54, 1.807) is 24.3 Å². The van der Waals surface area contributed by atoms with Crippen LogP contribution in [-0.2, 0) is 10.0 Å². The minimum Gasteiger partial charge on any atom is -0.320 e. The summed E-state index contributed by atoms with van der Waals surface area (Å²) in [4.78, 5) is 0.279. The first-order chi connectivity index (χ1) is 8.62. The Hall–Kier alpha value is -1.35. The molecule has 1 aromatic rings. The van der Waals surface area contributed by atoms with Crippen LogP contribution < -0.4 is 10.5 Å². The molecule has 18 heavy (non-hydrogen) atoms. The SMILES string of the molecule is NCC#Cc1ccc(S(=O)(=O)NCC2CC2)cc1. The second kappa shape index (κ2) is 5.53. The zero-order valence-corrected chi connectivity index (χ0v) is 10.8. The lowest BCUT2D eigenvalue weighted by Gasteiger charge is -2.05. The molecule has 2 rings (SSSR count). The first-order valence-electron chi connectivity index (χ1n) is 5.90. The maximum absolute atomic E-state index is 11.9. The Kier molecular flexibility index (Phi) is 4.02. The van der Waals surface area contributed by atoms with Crippen LogP contribution in [0.15, 0.2) is 29.2 Å². The summed E-state index contributed by atoms with van der Waals surface area (Å²) in [6.45, 7) is 0.833. The molecule has 0 amide bonds. The van der Waals surface area contributed by atoms with Gasteiger partial charge in [0.25, 0.3) is 0 Å². The molecule has 0 aromatic heterocycles. The van der Waals surface area contributed by atoms with Gasteiger partial charge in [-0.3, -0.25) is 0 Å². The van der Waals surface area contributed by atoms with Gasteiger partial charge in [0.15, 0.2) is 0 Å². The van der Waals surface area contributed by atoms with Gasteiger partial charge in [-0.1, -0.05) is 11.8 Å². The van der Waals surface area contributed by atoms with Gasteiger partial charge in [0.05, 0.1) is 11.4 Å². The van der Waals surface area contributed by atoms with Crippen LogP contribution in [0.25, 0.3) is 0 Å². The van der Waals surface area contributed by atoms with Crippen LogP contribution in [-0.4, -0.2) is 21.5 Å². The Bertz CT molecular complexity index is 563. The van der Waals surface area contributed by atoms with Gasteiger partial charge in [0.1, 0.15) is 0 Å². The third kappa shape index (κ3) is 3.57. The number of hydrogen-bond acceptors (Lipinski definition) is 3. The molecule has 4 nitrogen and oxygen atoms in total. The van der Waals surface area contributed by atoms with E-state index >= 15 is 0 Å². The quantitative estimate of drug-likeness (QED) is 0.786. The molecule has 96 valence electrons. The zero-order valence-electron chi connectivity index (χ0n) is 10.0. The highest BCUT2D eigenvalue weighted by atomic mass is 32.2. The molecule has 5 heteroatoms. The molecule has 0 unspecified atom stereocenters. The molecule has 1 fully saturated rings. The molecule has 0 heterocycles. The highest BCUT2D eigenvalue weighted by Crippen LogP contribution is 2.28. The van der Waals surface area contributed by atoms with Gasteiger partial charge in [-0.15, -0.1) is 0 Å². The van der Waals surface area contributed by atoms with Gasteiger partial charge in [0, 0.05) is 12.1 Å². The molecule has 0 aliphatic heterocycles. The van der Waals surface area contributed by atoms with Crippen molar-refractivity contribution in [3.8, 4) is 11.8 Å². The molecule has 0 spiro atoms. The van der Waals surface area contributed by atoms with Gasteiger partial charge in [0.2, 0.25) is 10.0 Å². The Morgan fingerprint density at radius 1 is 1.28 bits per heavy atom. The molecule has 0 radical (unpaired) electrons. The van der Waals surface area contributed by atoms with E-state index in [-0.39, 0.29) is 4.90 Å². The largest absolute Gasteiger partial charge is 0.320 e. The summed E-state index contributed by atoms with van der Waals surface area (Å²) >= 11 is 0. The average Bonchev–Trinajstić information content (AvgIpc) is 3.19. The molecule has 0 bridgehead atoms. The summed E-state index contributed by atoms with van der Waals surface area (Å²) in [7, 11) is -3.38.